The molecule has 1 fully saturated rings. The number of amides is 2. The molecule has 4 heterocycles. The highest BCUT2D eigenvalue weighted by Crippen LogP contribution is 2.40. The summed E-state index contributed by atoms with van der Waals surface area (Å²) in [6.45, 7) is 1.86. The number of aromatic nitrogens is 3. The van der Waals surface area contributed by atoms with E-state index >= 15 is 0 Å². The number of imidazole rings is 1. The van der Waals surface area contributed by atoms with Crippen LogP contribution < -0.4 is 10.1 Å². The summed E-state index contributed by atoms with van der Waals surface area (Å²) in [5, 5.41) is 2.99. The zero-order chi connectivity index (χ0) is 23.5. The van der Waals surface area contributed by atoms with Crippen LogP contribution in [0.15, 0.2) is 61.2 Å². The number of rotatable bonds is 5. The second-order valence-electron chi connectivity index (χ2n) is 8.60. The van der Waals surface area contributed by atoms with E-state index in [4.69, 9.17) is 9.47 Å². The Morgan fingerprint density at radius 2 is 1.85 bits per heavy atom. The molecule has 0 saturated carbocycles. The number of methoxy groups -OCH3 is 1. The van der Waals surface area contributed by atoms with Crippen LogP contribution in [0.3, 0.4) is 0 Å². The number of piperidine rings is 1. The summed E-state index contributed by atoms with van der Waals surface area (Å²) in [6, 6.07) is 11.0. The van der Waals surface area contributed by atoms with Gasteiger partial charge in [-0.1, -0.05) is 12.1 Å². The Morgan fingerprint density at radius 1 is 1.12 bits per heavy atom. The molecular weight excluding hydrogens is 434 g/mol. The van der Waals surface area contributed by atoms with Gasteiger partial charge >= 0.3 is 0 Å². The molecule has 1 aromatic carbocycles. The van der Waals surface area contributed by atoms with Gasteiger partial charge in [-0.3, -0.25) is 14.6 Å². The fraction of sp³-hybridized carbons (Fsp3) is 0.360. The summed E-state index contributed by atoms with van der Waals surface area (Å²) in [7, 11) is 1.62. The molecule has 0 bridgehead atoms. The molecule has 3 aromatic rings. The number of fused-ring (bicyclic) bond motifs is 2. The second-order valence-corrected chi connectivity index (χ2v) is 8.60. The number of hydrogen-bond acceptors (Lipinski definition) is 6. The van der Waals surface area contributed by atoms with E-state index in [1.165, 1.54) is 0 Å². The first-order valence-electron chi connectivity index (χ1n) is 11.4. The summed E-state index contributed by atoms with van der Waals surface area (Å²) < 4.78 is 13.6. The lowest BCUT2D eigenvalue weighted by Crippen LogP contribution is -2.54. The van der Waals surface area contributed by atoms with Crippen LogP contribution in [0.25, 0.3) is 0 Å². The molecule has 2 aromatic heterocycles. The third kappa shape index (κ3) is 4.26. The third-order valence-corrected chi connectivity index (χ3v) is 6.56. The number of nitrogens with one attached hydrogen (secondary N) is 1. The van der Waals surface area contributed by atoms with Gasteiger partial charge in [-0.2, -0.15) is 0 Å². The molecule has 9 nitrogen and oxygen atoms in total. The molecule has 2 amide bonds. The molecule has 9 heteroatoms. The largest absolute Gasteiger partial charge is 0.497 e. The van der Waals surface area contributed by atoms with Gasteiger partial charge in [0.15, 0.2) is 6.10 Å². The molecule has 0 aliphatic carbocycles. The predicted molar refractivity (Wildman–Crippen MR) is 123 cm³/mol. The Morgan fingerprint density at radius 3 is 2.56 bits per heavy atom. The minimum Gasteiger partial charge on any atom is -0.497 e. The lowest BCUT2D eigenvalue weighted by atomic mass is 9.88. The minimum absolute atomic E-state index is 0.0230. The first-order chi connectivity index (χ1) is 16.6. The van der Waals surface area contributed by atoms with Crippen molar-refractivity contribution in [1.82, 2.24) is 24.8 Å². The molecule has 2 aliphatic rings. The Kier molecular flexibility index (Phi) is 6.02. The predicted octanol–water partition coefficient (Wildman–Crippen LogP) is 2.13. The van der Waals surface area contributed by atoms with Crippen LogP contribution in [0.1, 0.15) is 34.6 Å². The van der Waals surface area contributed by atoms with Gasteiger partial charge in [0.25, 0.3) is 11.8 Å². The Bertz CT molecular complexity index is 1150. The number of nitrogens with zero attached hydrogens (tertiary/aromatic N) is 4. The zero-order valence-corrected chi connectivity index (χ0v) is 19.0. The fourth-order valence-electron chi connectivity index (χ4n) is 4.67. The van der Waals surface area contributed by atoms with Crippen LogP contribution >= 0.6 is 0 Å². The summed E-state index contributed by atoms with van der Waals surface area (Å²) >= 11 is 0. The van der Waals surface area contributed by atoms with Crippen molar-refractivity contribution in [3.05, 3.63) is 78.1 Å². The quantitative estimate of drug-likeness (QED) is 0.625. The lowest BCUT2D eigenvalue weighted by molar-refractivity contribution is -0.172. The van der Waals surface area contributed by atoms with Gasteiger partial charge in [0.05, 0.1) is 13.7 Å². The van der Waals surface area contributed by atoms with Crippen molar-refractivity contribution >= 4 is 11.8 Å². The number of benzene rings is 1. The van der Waals surface area contributed by atoms with Crippen molar-refractivity contribution < 1.29 is 19.1 Å². The topological polar surface area (TPSA) is 98.6 Å². The van der Waals surface area contributed by atoms with Crippen LogP contribution in [0.4, 0.5) is 0 Å². The molecule has 34 heavy (non-hydrogen) atoms. The highest BCUT2D eigenvalue weighted by atomic mass is 16.5. The van der Waals surface area contributed by atoms with Crippen LogP contribution in [0.2, 0.25) is 0 Å². The number of likely N-dealkylation sites (tertiary alicyclic amines) is 1. The third-order valence-electron chi connectivity index (χ3n) is 6.56. The van der Waals surface area contributed by atoms with E-state index in [0.717, 1.165) is 17.1 Å². The van der Waals surface area contributed by atoms with Crippen molar-refractivity contribution in [1.29, 1.82) is 0 Å². The molecular formula is C25H27N5O4. The number of pyridine rings is 1. The Labute approximate surface area is 197 Å². The zero-order valence-electron chi connectivity index (χ0n) is 19.0. The molecule has 0 radical (unpaired) electrons. The van der Waals surface area contributed by atoms with E-state index < -0.39 is 11.7 Å². The van der Waals surface area contributed by atoms with E-state index in [0.29, 0.717) is 44.6 Å². The van der Waals surface area contributed by atoms with Crippen LogP contribution in [-0.4, -0.2) is 57.6 Å². The highest BCUT2D eigenvalue weighted by molar-refractivity contribution is 5.94. The normalized spacial score (nSPS) is 18.9. The molecule has 5 rings (SSSR count). The van der Waals surface area contributed by atoms with Crippen molar-refractivity contribution in [2.24, 2.45) is 0 Å². The number of carbonyl (C=O) groups is 2. The second kappa shape index (κ2) is 9.26. The van der Waals surface area contributed by atoms with E-state index in [9.17, 15) is 9.59 Å². The molecule has 1 N–H and O–H groups in total. The van der Waals surface area contributed by atoms with Gasteiger partial charge in [-0.25, -0.2) is 4.98 Å². The van der Waals surface area contributed by atoms with Crippen LogP contribution in [0, 0.1) is 0 Å². The Hall–Kier alpha value is -3.72. The van der Waals surface area contributed by atoms with E-state index in [2.05, 4.69) is 15.3 Å². The monoisotopic (exact) mass is 461 g/mol. The summed E-state index contributed by atoms with van der Waals surface area (Å²) in [6.07, 6.45) is 7.38. The Balaban J connectivity index is 1.26. The first-order valence-corrected chi connectivity index (χ1v) is 11.4. The molecule has 1 spiro atoms. The van der Waals surface area contributed by atoms with Gasteiger partial charge in [-0.05, 0) is 29.8 Å². The average molecular weight is 462 g/mol. The van der Waals surface area contributed by atoms with E-state index in [-0.39, 0.29) is 11.8 Å². The minimum atomic E-state index is -0.696. The maximum absolute atomic E-state index is 13.0. The van der Waals surface area contributed by atoms with E-state index in [1.807, 2.05) is 39.9 Å². The number of hydrogen-bond donors (Lipinski definition) is 1. The van der Waals surface area contributed by atoms with Crippen LogP contribution in [-0.2, 0) is 28.2 Å². The van der Waals surface area contributed by atoms with Gasteiger partial charge in [-0.15, -0.1) is 0 Å². The molecule has 1 unspecified atom stereocenters. The molecule has 1 atom stereocenters. The smallest absolute Gasteiger partial charge is 0.253 e. The lowest BCUT2D eigenvalue weighted by Gasteiger charge is -2.45. The van der Waals surface area contributed by atoms with Crippen molar-refractivity contribution in [2.45, 2.75) is 37.6 Å². The van der Waals surface area contributed by atoms with Gasteiger partial charge in [0.1, 0.15) is 17.2 Å². The van der Waals surface area contributed by atoms with Crippen molar-refractivity contribution in [3.8, 4) is 5.75 Å². The number of carbonyl (C=O) groups excluding carboxylic acids is 2. The maximum Gasteiger partial charge on any atom is 0.253 e. The molecule has 1 saturated heterocycles. The number of ether oxygens (including phenoxy) is 2. The first kappa shape index (κ1) is 22.1. The molecule has 2 aliphatic heterocycles. The van der Waals surface area contributed by atoms with Crippen molar-refractivity contribution in [3.63, 3.8) is 0 Å². The maximum atomic E-state index is 13.0. The average Bonchev–Trinajstić information content (AvgIpc) is 3.38. The molecule has 176 valence electrons. The fourth-order valence-corrected chi connectivity index (χ4v) is 4.67. The van der Waals surface area contributed by atoms with Gasteiger partial charge < -0.3 is 24.3 Å². The van der Waals surface area contributed by atoms with E-state index in [1.54, 1.807) is 37.8 Å². The highest BCUT2D eigenvalue weighted by Gasteiger charge is 2.47. The summed E-state index contributed by atoms with van der Waals surface area (Å²) in [5.74, 6) is 1.41. The van der Waals surface area contributed by atoms with Gasteiger partial charge in [0, 0.05) is 62.8 Å². The van der Waals surface area contributed by atoms with Crippen LogP contribution in [0.5, 0.6) is 5.75 Å². The van der Waals surface area contributed by atoms with Crippen molar-refractivity contribution in [2.75, 3.05) is 20.2 Å². The summed E-state index contributed by atoms with van der Waals surface area (Å²) in [5.41, 5.74) is 0.900. The standard InChI is InChI=1S/C25H27N5O4/c1-33-20-4-2-18(3-5-20)16-28-22(31)21-17-30-15-12-27-24(30)25(34-21)8-13-29(14-9-25)23(32)19-6-10-26-11-7-19/h2-7,10-12,15,21H,8-9,13-14,16-17H2,1H3,(H,28,31). The SMILES string of the molecule is COc1ccc(CNC(=O)C2Cn3ccnc3C3(CCN(C(=O)c4ccncc4)CC3)O2)cc1. The van der Waals surface area contributed by atoms with Gasteiger partial charge in [0.2, 0.25) is 0 Å². The summed E-state index contributed by atoms with van der Waals surface area (Å²) in [4.78, 5) is 36.3.